The number of Topliss-reactive ketones (excluding diaryl/α,β-unsaturated/α-hetero) is 1. The monoisotopic (exact) mass is 1020 g/mol. The quantitative estimate of drug-likeness (QED) is 0.0437. The molecule has 1 saturated heterocycles. The summed E-state index contributed by atoms with van der Waals surface area (Å²) in [4.78, 5) is 84.7. The van der Waals surface area contributed by atoms with Gasteiger partial charge in [0.05, 0.1) is 29.6 Å². The molecular weight excluding hydrogens is 949 g/mol. The number of amides is 1. The summed E-state index contributed by atoms with van der Waals surface area (Å²) in [7, 11) is 2.95. The molecule has 20 heteroatoms. The van der Waals surface area contributed by atoms with Crippen LogP contribution in [-0.2, 0) is 47.5 Å². The van der Waals surface area contributed by atoms with Crippen LogP contribution in [0.15, 0.2) is 71.8 Å². The third-order valence-corrected chi connectivity index (χ3v) is 16.1. The zero-order valence-electron chi connectivity index (χ0n) is 41.7. The van der Waals surface area contributed by atoms with Crippen molar-refractivity contribution in [1.29, 1.82) is 0 Å². The van der Waals surface area contributed by atoms with Crippen molar-refractivity contribution in [3.63, 3.8) is 0 Å². The molecule has 18 nitrogen and oxygen atoms in total. The molecule has 1 aliphatic heterocycles. The molecule has 384 valence electrons. The summed E-state index contributed by atoms with van der Waals surface area (Å²) in [5.41, 5.74) is -8.67. The third kappa shape index (κ3) is 11.0. The number of ketones is 1. The fraction of sp³-hybridized carbons (Fsp3) is 0.600. The van der Waals surface area contributed by atoms with E-state index in [0.717, 1.165) is 12.7 Å². The van der Waals surface area contributed by atoms with Crippen molar-refractivity contribution in [2.45, 2.75) is 135 Å². The lowest BCUT2D eigenvalue weighted by molar-refractivity contribution is -0.346. The lowest BCUT2D eigenvalue weighted by atomic mass is 9.44. The zero-order chi connectivity index (χ0) is 52.1. The van der Waals surface area contributed by atoms with E-state index in [1.54, 1.807) is 69.3 Å². The summed E-state index contributed by atoms with van der Waals surface area (Å²) in [6, 6.07) is 14.4. The maximum Gasteiger partial charge on any atom is 0.509 e. The van der Waals surface area contributed by atoms with E-state index in [4.69, 9.17) is 34.5 Å². The van der Waals surface area contributed by atoms with Crippen molar-refractivity contribution in [2.75, 3.05) is 37.8 Å². The van der Waals surface area contributed by atoms with Crippen LogP contribution in [0.25, 0.3) is 0 Å². The summed E-state index contributed by atoms with van der Waals surface area (Å²) < 4.78 is 48.6. The first-order valence-corrected chi connectivity index (χ1v) is 25.7. The molecular formula is C50H66N2O16S2. The van der Waals surface area contributed by atoms with Gasteiger partial charge in [-0.1, -0.05) is 90.9 Å². The molecule has 5 N–H and O–H groups in total. The number of ether oxygens (including phenoxy) is 7. The van der Waals surface area contributed by atoms with E-state index >= 15 is 9.59 Å². The second-order valence-electron chi connectivity index (χ2n) is 19.7. The number of nitrogens with one attached hydrogen (secondary N) is 2. The van der Waals surface area contributed by atoms with E-state index in [9.17, 15) is 34.5 Å². The first-order chi connectivity index (χ1) is 33.4. The molecule has 2 aromatic carbocycles. The Bertz CT molecular complexity index is 2300. The number of hydrogen-bond donors (Lipinski definition) is 5. The van der Waals surface area contributed by atoms with Crippen molar-refractivity contribution in [3.05, 3.63) is 82.9 Å². The van der Waals surface area contributed by atoms with Gasteiger partial charge in [0.15, 0.2) is 11.4 Å². The number of alkyl carbamates (subject to hydrolysis) is 1. The molecule has 0 spiro atoms. The van der Waals surface area contributed by atoms with Crippen LogP contribution in [0, 0.1) is 16.7 Å². The van der Waals surface area contributed by atoms with Crippen LogP contribution in [0.2, 0.25) is 0 Å². The number of fused-ring (bicyclic) bond motifs is 5. The highest BCUT2D eigenvalue weighted by molar-refractivity contribution is 8.76. The number of aliphatic hydroxyl groups excluding tert-OH is 2. The average Bonchev–Trinajstić information content (AvgIpc) is 3.30. The molecule has 11 atom stereocenters. The van der Waals surface area contributed by atoms with Gasteiger partial charge in [0.1, 0.15) is 48.3 Å². The lowest BCUT2D eigenvalue weighted by Gasteiger charge is -2.67. The fourth-order valence-corrected chi connectivity index (χ4v) is 12.1. The Balaban J connectivity index is 1.43. The molecule has 1 unspecified atom stereocenters. The van der Waals surface area contributed by atoms with E-state index in [1.165, 1.54) is 61.4 Å². The number of aliphatic hydroxyl groups is 3. The molecule has 3 aliphatic carbocycles. The largest absolute Gasteiger partial charge is 0.509 e. The second kappa shape index (κ2) is 22.0. The van der Waals surface area contributed by atoms with Crippen LogP contribution in [0.4, 0.5) is 9.59 Å². The van der Waals surface area contributed by atoms with E-state index in [1.807, 2.05) is 0 Å². The van der Waals surface area contributed by atoms with Crippen LogP contribution in [0.5, 0.6) is 0 Å². The Morgan fingerprint density at radius 2 is 1.63 bits per heavy atom. The minimum atomic E-state index is -2.44. The highest BCUT2D eigenvalue weighted by atomic mass is 33.1. The van der Waals surface area contributed by atoms with Gasteiger partial charge >= 0.3 is 30.2 Å². The Labute approximate surface area is 417 Å². The summed E-state index contributed by atoms with van der Waals surface area (Å²) in [5.74, 6) is -4.46. The van der Waals surface area contributed by atoms with Crippen LogP contribution in [0.1, 0.15) is 98.5 Å². The van der Waals surface area contributed by atoms with Crippen molar-refractivity contribution >= 4 is 57.5 Å². The van der Waals surface area contributed by atoms with Crippen LogP contribution >= 0.6 is 21.6 Å². The minimum Gasteiger partial charge on any atom is -0.455 e. The lowest BCUT2D eigenvalue weighted by Crippen LogP contribution is -2.81. The molecule has 1 amide bonds. The standard InChI is InChI=1S/C50H66N2O16S2/c1-10-51-21-23-69-70-24-22-62-45(60)65-38(36(30-17-13-11-14-18-30)52-44(59)68-46(4,5)6)43(58)64-32-26-50(61)41(66-42(57)31-19-15-12-16-20-31)39-48(9,40(56)37(55)35(28(32)2)47(50,7)8)33(54)25-34-49(39,27-63-34)67-29(3)53/h11-20,32-34,36-39,41,51,54-55,61H,10,21-27H2,1-9H3,(H,52,59)/t32-,33-,34+,36-,37+,38?,39-,41-,48+,49-,50+/m0/s1/i1T. The third-order valence-electron chi connectivity index (χ3n) is 13.8. The summed E-state index contributed by atoms with van der Waals surface area (Å²) in [5, 5.41) is 43.9. The molecule has 1 heterocycles. The van der Waals surface area contributed by atoms with Gasteiger partial charge in [-0.05, 0) is 70.0 Å². The number of hydrogen-bond acceptors (Lipinski definition) is 19. The van der Waals surface area contributed by atoms with Crippen molar-refractivity contribution < 1.29 is 78.6 Å². The molecule has 2 bridgehead atoms. The van der Waals surface area contributed by atoms with Crippen molar-refractivity contribution in [3.8, 4) is 0 Å². The molecule has 70 heavy (non-hydrogen) atoms. The van der Waals surface area contributed by atoms with E-state index in [-0.39, 0.29) is 48.8 Å². The molecule has 3 fully saturated rings. The molecule has 2 aromatic rings. The number of carbonyl (C=O) groups excluding carboxylic acids is 6. The van der Waals surface area contributed by atoms with Crippen molar-refractivity contribution in [1.82, 2.24) is 10.6 Å². The predicted octanol–water partition coefficient (Wildman–Crippen LogP) is 5.41. The fourth-order valence-electron chi connectivity index (χ4n) is 10.3. The van der Waals surface area contributed by atoms with Gasteiger partial charge in [-0.2, -0.15) is 0 Å². The topological polar surface area (TPSA) is 252 Å². The normalized spacial score (nSPS) is 30.0. The van der Waals surface area contributed by atoms with Gasteiger partial charge in [0.2, 0.25) is 6.10 Å². The molecule has 0 aromatic heterocycles. The number of rotatable bonds is 17. The number of esters is 3. The molecule has 6 rings (SSSR count). The number of carbonyl (C=O) groups is 6. The summed E-state index contributed by atoms with van der Waals surface area (Å²) in [6.45, 7) is 13.0. The minimum absolute atomic E-state index is 0.0521. The van der Waals surface area contributed by atoms with Gasteiger partial charge in [-0.15, -0.1) is 0 Å². The van der Waals surface area contributed by atoms with Crippen molar-refractivity contribution in [2.24, 2.45) is 16.7 Å². The first-order valence-electron chi connectivity index (χ1n) is 23.9. The van der Waals surface area contributed by atoms with E-state index < -0.39 is 119 Å². The average molecular weight is 1020 g/mol. The van der Waals surface area contributed by atoms with Gasteiger partial charge in [-0.25, -0.2) is 19.2 Å². The Morgan fingerprint density at radius 3 is 2.24 bits per heavy atom. The highest BCUT2D eigenvalue weighted by Crippen LogP contribution is 2.64. The molecule has 2 saturated carbocycles. The Hall–Kier alpha value is -4.70. The molecule has 4 aliphatic rings. The summed E-state index contributed by atoms with van der Waals surface area (Å²) >= 11 is 0. The maximum atomic E-state index is 15.2. The van der Waals surface area contributed by atoms with Crippen LogP contribution < -0.4 is 10.6 Å². The highest BCUT2D eigenvalue weighted by Gasteiger charge is 2.78. The Kier molecular flexibility index (Phi) is 16.7. The molecule has 0 radical (unpaired) electrons. The van der Waals surface area contributed by atoms with Crippen LogP contribution in [0.3, 0.4) is 0 Å². The second-order valence-corrected chi connectivity index (χ2v) is 22.4. The van der Waals surface area contributed by atoms with Gasteiger partial charge < -0.3 is 59.1 Å². The SMILES string of the molecule is [3H]CCNCCSSCCOC(=O)OC(C(=O)O[C@H]1C[C@@]2(O)[C@@H](OC(=O)c3ccccc3)[C@@H]3[C@]4(OC(C)=O)CO[C@@H]4C[C@H](O)[C@@]3(C)C(=O)[C@H](O)C(=C1C)C2(C)C)[C@@H](NC(=O)OC(C)(C)C)c1ccccc1. The first kappa shape index (κ1) is 53.1. The van der Waals surface area contributed by atoms with Gasteiger partial charge in [-0.3, -0.25) is 9.59 Å². The smallest absolute Gasteiger partial charge is 0.455 e. The zero-order valence-corrected chi connectivity index (χ0v) is 42.4. The summed E-state index contributed by atoms with van der Waals surface area (Å²) in [6.07, 6.45) is -13.2. The van der Waals surface area contributed by atoms with E-state index in [0.29, 0.717) is 18.8 Å². The maximum absolute atomic E-state index is 15.2. The van der Waals surface area contributed by atoms with Gasteiger partial charge in [0, 0.05) is 44.6 Å². The number of benzene rings is 2. The van der Waals surface area contributed by atoms with Crippen LogP contribution in [-0.4, -0.2) is 142 Å². The Morgan fingerprint density at radius 1 is 0.971 bits per heavy atom. The van der Waals surface area contributed by atoms with Gasteiger partial charge in [0.25, 0.3) is 0 Å². The van der Waals surface area contributed by atoms with E-state index in [2.05, 4.69) is 10.6 Å². The predicted molar refractivity (Wildman–Crippen MR) is 257 cm³/mol.